The van der Waals surface area contributed by atoms with E-state index in [0.717, 1.165) is 17.3 Å². The van der Waals surface area contributed by atoms with E-state index in [0.29, 0.717) is 22.7 Å². The van der Waals surface area contributed by atoms with E-state index < -0.39 is 26.0 Å². The number of aryl methyl sites for hydroxylation is 1. The number of benzene rings is 3. The maximum atomic E-state index is 12.6. The molecule has 4 rings (SSSR count). The van der Waals surface area contributed by atoms with Crippen molar-refractivity contribution in [3.63, 3.8) is 0 Å². The highest BCUT2D eigenvalue weighted by atomic mass is 32.2. The van der Waals surface area contributed by atoms with Gasteiger partial charge in [-0.25, -0.2) is 16.8 Å². The highest BCUT2D eigenvalue weighted by Crippen LogP contribution is 2.24. The quantitative estimate of drug-likeness (QED) is 0.254. The molecular weight excluding hydrogens is 522 g/mol. The van der Waals surface area contributed by atoms with Gasteiger partial charge in [0, 0.05) is 47.7 Å². The van der Waals surface area contributed by atoms with Gasteiger partial charge in [-0.1, -0.05) is 30.3 Å². The number of nitrogens with one attached hydrogen (secondary N) is 2. The monoisotopic (exact) mass is 555 g/mol. The number of hydrogen-bond donors (Lipinski definition) is 3. The minimum absolute atomic E-state index is 0.167. The molecule has 1 aromatic heterocycles. The van der Waals surface area contributed by atoms with E-state index in [2.05, 4.69) is 28.5 Å². The summed E-state index contributed by atoms with van der Waals surface area (Å²) in [6, 6.07) is 21.9. The van der Waals surface area contributed by atoms with E-state index >= 15 is 0 Å². The summed E-state index contributed by atoms with van der Waals surface area (Å²) >= 11 is 0. The Hall–Kier alpha value is -3.18. The molecule has 0 radical (unpaired) electrons. The third-order valence-electron chi connectivity index (χ3n) is 6.50. The Morgan fingerprint density at radius 3 is 2.34 bits per heavy atom. The molecule has 1 unspecified atom stereocenters. The van der Waals surface area contributed by atoms with Crippen LogP contribution in [-0.2, 0) is 26.4 Å². The van der Waals surface area contributed by atoms with Gasteiger partial charge in [0.05, 0.1) is 15.9 Å². The Morgan fingerprint density at radius 1 is 0.895 bits per heavy atom. The molecule has 3 N–H and O–H groups in total. The third-order valence-corrected chi connectivity index (χ3v) is 9.01. The van der Waals surface area contributed by atoms with Crippen molar-refractivity contribution in [2.24, 2.45) is 0 Å². The van der Waals surface area contributed by atoms with E-state index in [4.69, 9.17) is 0 Å². The van der Waals surface area contributed by atoms with Gasteiger partial charge < -0.3 is 15.0 Å². The second-order valence-electron chi connectivity index (χ2n) is 10.1. The summed E-state index contributed by atoms with van der Waals surface area (Å²) in [5.74, 6) is 0. The summed E-state index contributed by atoms with van der Waals surface area (Å²) in [5.41, 5.74) is 1.63. The van der Waals surface area contributed by atoms with Crippen LogP contribution in [0.2, 0.25) is 0 Å². The van der Waals surface area contributed by atoms with Crippen LogP contribution < -0.4 is 10.0 Å². The van der Waals surface area contributed by atoms with Gasteiger partial charge in [-0.2, -0.15) is 0 Å². The Labute approximate surface area is 224 Å². The lowest BCUT2D eigenvalue weighted by molar-refractivity contribution is 0.158. The predicted molar refractivity (Wildman–Crippen MR) is 150 cm³/mol. The van der Waals surface area contributed by atoms with Gasteiger partial charge in [0.15, 0.2) is 9.84 Å². The molecule has 0 amide bonds. The van der Waals surface area contributed by atoms with Crippen molar-refractivity contribution < 1.29 is 21.9 Å². The molecule has 3 aromatic carbocycles. The highest BCUT2D eigenvalue weighted by molar-refractivity contribution is 7.92. The zero-order valence-electron chi connectivity index (χ0n) is 21.6. The molecule has 0 spiro atoms. The van der Waals surface area contributed by atoms with Crippen molar-refractivity contribution in [1.82, 2.24) is 9.88 Å². The molecule has 0 aliphatic heterocycles. The van der Waals surface area contributed by atoms with Gasteiger partial charge in [-0.05, 0) is 74.4 Å². The third kappa shape index (κ3) is 6.82. The Balaban J connectivity index is 1.36. The summed E-state index contributed by atoms with van der Waals surface area (Å²) in [4.78, 5) is 0.469. The molecule has 0 aliphatic carbocycles. The predicted octanol–water partition coefficient (Wildman–Crippen LogP) is 4.34. The number of sulfonamides is 1. The molecule has 0 bridgehead atoms. The summed E-state index contributed by atoms with van der Waals surface area (Å²) in [6.45, 7) is 5.09. The van der Waals surface area contributed by atoms with Crippen LogP contribution in [0.3, 0.4) is 0 Å². The molecule has 0 fully saturated rings. The van der Waals surface area contributed by atoms with Crippen LogP contribution in [0, 0.1) is 0 Å². The Bertz CT molecular complexity index is 1630. The minimum Gasteiger partial charge on any atom is -0.387 e. The summed E-state index contributed by atoms with van der Waals surface area (Å²) in [5, 5.41) is 15.1. The molecule has 0 saturated heterocycles. The average molecular weight is 556 g/mol. The van der Waals surface area contributed by atoms with Crippen LogP contribution in [0.5, 0.6) is 0 Å². The Morgan fingerprint density at radius 2 is 1.63 bits per heavy atom. The smallest absolute Gasteiger partial charge is 0.261 e. The number of aliphatic hydroxyl groups excluding tert-OH is 1. The molecule has 10 heteroatoms. The number of aromatic nitrogens is 1. The van der Waals surface area contributed by atoms with Crippen LogP contribution in [0.1, 0.15) is 31.9 Å². The van der Waals surface area contributed by atoms with Crippen LogP contribution in [0.15, 0.2) is 94.9 Å². The van der Waals surface area contributed by atoms with Crippen molar-refractivity contribution >= 4 is 36.5 Å². The maximum absolute atomic E-state index is 12.6. The summed E-state index contributed by atoms with van der Waals surface area (Å²) in [6.07, 6.45) is 3.07. The van der Waals surface area contributed by atoms with Gasteiger partial charge in [0.1, 0.15) is 0 Å². The highest BCUT2D eigenvalue weighted by Gasteiger charge is 2.21. The molecule has 202 valence electrons. The van der Waals surface area contributed by atoms with Crippen molar-refractivity contribution in [3.05, 3.63) is 90.6 Å². The van der Waals surface area contributed by atoms with E-state index in [9.17, 15) is 21.9 Å². The number of fused-ring (bicyclic) bond motifs is 1. The zero-order valence-corrected chi connectivity index (χ0v) is 23.3. The topological polar surface area (TPSA) is 118 Å². The lowest BCUT2D eigenvalue weighted by atomic mass is 9.99. The Kier molecular flexibility index (Phi) is 7.98. The molecule has 38 heavy (non-hydrogen) atoms. The molecular formula is C28H33N3O5S2. The maximum Gasteiger partial charge on any atom is 0.261 e. The van der Waals surface area contributed by atoms with Crippen molar-refractivity contribution in [2.45, 2.75) is 48.2 Å². The van der Waals surface area contributed by atoms with E-state index in [-0.39, 0.29) is 17.0 Å². The number of sulfone groups is 1. The molecule has 8 nitrogen and oxygen atoms in total. The van der Waals surface area contributed by atoms with Crippen molar-refractivity contribution in [1.29, 1.82) is 0 Å². The van der Waals surface area contributed by atoms with Gasteiger partial charge in [-0.15, -0.1) is 0 Å². The normalized spacial score (nSPS) is 13.5. The van der Waals surface area contributed by atoms with Gasteiger partial charge >= 0.3 is 0 Å². The molecule has 0 saturated carbocycles. The summed E-state index contributed by atoms with van der Waals surface area (Å²) < 4.78 is 53.6. The standard InChI is InChI=1S/C28H33N3O5S2/c1-28(2,15-17-31-16-14-21-19-25(37(3,33)34)12-13-26(21)31)29-20-27(32)22-8-7-9-23(18-22)30-38(35,36)24-10-5-4-6-11-24/h4-14,16,18-19,27,29-30,32H,15,17,20H2,1-3H3. The fraction of sp³-hybridized carbons (Fsp3) is 0.286. The van der Waals surface area contributed by atoms with Crippen molar-refractivity contribution in [3.8, 4) is 0 Å². The van der Waals surface area contributed by atoms with Gasteiger partial charge in [0.25, 0.3) is 10.0 Å². The fourth-order valence-electron chi connectivity index (χ4n) is 4.21. The average Bonchev–Trinajstić information content (AvgIpc) is 3.28. The first-order valence-corrected chi connectivity index (χ1v) is 15.6. The van der Waals surface area contributed by atoms with Crippen LogP contribution in [-0.4, -0.2) is 44.8 Å². The minimum atomic E-state index is -3.73. The number of β-amino-alcohol motifs (C(OH)–C–C–N with tert-alkyl or cyclic N) is 1. The fourth-order valence-corrected chi connectivity index (χ4v) is 5.93. The number of rotatable bonds is 11. The molecule has 1 atom stereocenters. The van der Waals surface area contributed by atoms with Crippen LogP contribution >= 0.6 is 0 Å². The van der Waals surface area contributed by atoms with E-state index in [1.807, 2.05) is 18.3 Å². The second-order valence-corrected chi connectivity index (χ2v) is 13.8. The molecule has 4 aromatic rings. The van der Waals surface area contributed by atoms with E-state index in [1.54, 1.807) is 54.6 Å². The molecule has 1 heterocycles. The lowest BCUT2D eigenvalue weighted by Gasteiger charge is -2.28. The first-order valence-electron chi connectivity index (χ1n) is 12.2. The summed E-state index contributed by atoms with van der Waals surface area (Å²) in [7, 11) is -6.99. The lowest BCUT2D eigenvalue weighted by Crippen LogP contribution is -2.42. The van der Waals surface area contributed by atoms with Crippen LogP contribution in [0.4, 0.5) is 5.69 Å². The number of hydrogen-bond acceptors (Lipinski definition) is 6. The SMILES string of the molecule is CC(C)(CCn1ccc2cc(S(C)(=O)=O)ccc21)NCC(O)c1cccc(NS(=O)(=O)c2ccccc2)c1. The van der Waals surface area contributed by atoms with Crippen molar-refractivity contribution in [2.75, 3.05) is 17.5 Å². The molecule has 0 aliphatic rings. The van der Waals surface area contributed by atoms with Gasteiger partial charge in [0.2, 0.25) is 0 Å². The number of aliphatic hydroxyl groups is 1. The first kappa shape index (κ1) is 27.8. The number of anilines is 1. The largest absolute Gasteiger partial charge is 0.387 e. The van der Waals surface area contributed by atoms with Gasteiger partial charge in [-0.3, -0.25) is 4.72 Å². The first-order chi connectivity index (χ1) is 17.8. The van der Waals surface area contributed by atoms with Crippen LogP contribution in [0.25, 0.3) is 10.9 Å². The van der Waals surface area contributed by atoms with E-state index in [1.165, 1.54) is 18.4 Å². The zero-order chi connectivity index (χ0) is 27.6. The second kappa shape index (κ2) is 10.9. The number of nitrogens with zero attached hydrogens (tertiary/aromatic N) is 1.